The number of rotatable bonds is 10. The van der Waals surface area contributed by atoms with Crippen molar-refractivity contribution in [2.75, 3.05) is 0 Å². The van der Waals surface area contributed by atoms with Crippen molar-refractivity contribution >= 4 is 122 Å². The summed E-state index contributed by atoms with van der Waals surface area (Å²) in [5.41, 5.74) is 0. The van der Waals surface area contributed by atoms with Gasteiger partial charge in [0.1, 0.15) is 21.6 Å². The average molecular weight is 957 g/mol. The van der Waals surface area contributed by atoms with Gasteiger partial charge in [0.15, 0.2) is 4.93 Å². The highest BCUT2D eigenvalue weighted by Gasteiger charge is 2.72. The second-order valence-corrected chi connectivity index (χ2v) is 23.1. The van der Waals surface area contributed by atoms with Crippen LogP contribution in [0, 0.1) is 0 Å². The average Bonchev–Trinajstić information content (AvgIpc) is 2.75. The monoisotopic (exact) mass is 952 g/mol. The first-order valence-corrected chi connectivity index (χ1v) is 17.1. The number of hydrogen-bond acceptors (Lipinski definition) is 12. The van der Waals surface area contributed by atoms with Gasteiger partial charge in [-0.05, 0) is 76.2 Å². The summed E-state index contributed by atoms with van der Waals surface area (Å²) in [6.45, 7) is 15.9. The molecule has 248 valence electrons. The van der Waals surface area contributed by atoms with Crippen LogP contribution in [0.1, 0.15) is 76.2 Å². The molecule has 4 atom stereocenters. The maximum absolute atomic E-state index is 13.4. The van der Waals surface area contributed by atoms with Crippen molar-refractivity contribution in [3.63, 3.8) is 0 Å². The highest BCUT2D eigenvalue weighted by molar-refractivity contribution is 9.11. The van der Waals surface area contributed by atoms with Gasteiger partial charge in [0.25, 0.3) is 0 Å². The summed E-state index contributed by atoms with van der Waals surface area (Å²) in [6.07, 6.45) is -5.71. The molecular weight excluding hydrogens is 920 g/mol. The van der Waals surface area contributed by atoms with E-state index in [2.05, 4.69) is 92.3 Å². The Labute approximate surface area is 299 Å². The number of carbonyl (C=O) groups excluding carboxylic acids is 5. The highest BCUT2D eigenvalue weighted by atomic mass is 79.9. The molecule has 1 heterocycles. The summed E-state index contributed by atoms with van der Waals surface area (Å²) in [5.74, 6) is -7.49. The van der Waals surface area contributed by atoms with Crippen LogP contribution in [0.5, 0.6) is 0 Å². The maximum atomic E-state index is 13.4. The molecule has 0 aromatic heterocycles. The first kappa shape index (κ1) is 41.1. The molecule has 0 N–H and O–H groups in total. The topological polar surface area (TPSA) is 141 Å². The first-order valence-electron chi connectivity index (χ1n) is 12.7. The summed E-state index contributed by atoms with van der Waals surface area (Å²) < 4.78 is 28.3. The fraction of sp³-hybridized carbons (Fsp3) is 0.808. The van der Waals surface area contributed by atoms with Crippen LogP contribution < -0.4 is 0 Å². The lowest BCUT2D eigenvalue weighted by atomic mass is 9.92. The lowest BCUT2D eigenvalue weighted by Crippen LogP contribution is -2.75. The molecule has 1 saturated heterocycles. The minimum atomic E-state index is -2.75. The van der Waals surface area contributed by atoms with E-state index < -0.39 is 80.7 Å². The molecule has 0 spiro atoms. The van der Waals surface area contributed by atoms with Gasteiger partial charge in [0.2, 0.25) is 18.5 Å². The van der Waals surface area contributed by atoms with E-state index in [4.69, 9.17) is 28.4 Å². The number of hydrogen-bond donors (Lipinski definition) is 1. The largest absolute Gasteiger partial charge is 0.450 e. The molecule has 0 aromatic carbocycles. The Morgan fingerprint density at radius 1 is 0.581 bits per heavy atom. The third kappa shape index (κ3) is 10.5. The van der Waals surface area contributed by atoms with Gasteiger partial charge in [0, 0.05) is 0 Å². The van der Waals surface area contributed by atoms with Crippen molar-refractivity contribution in [3.8, 4) is 0 Å². The predicted octanol–water partition coefficient (Wildman–Crippen LogP) is 6.01. The maximum Gasteiger partial charge on any atom is 0.335 e. The molecule has 0 radical (unpaired) electrons. The van der Waals surface area contributed by atoms with Gasteiger partial charge < -0.3 is 28.4 Å². The molecule has 0 amide bonds. The van der Waals surface area contributed by atoms with Crippen molar-refractivity contribution < 1.29 is 52.4 Å². The lowest BCUT2D eigenvalue weighted by molar-refractivity contribution is -0.387. The van der Waals surface area contributed by atoms with Crippen LogP contribution in [0.3, 0.4) is 0 Å². The lowest BCUT2D eigenvalue weighted by Gasteiger charge is -2.54. The molecule has 43 heavy (non-hydrogen) atoms. The molecular formula is C26H37Br5O11S. The molecule has 11 nitrogen and oxygen atoms in total. The van der Waals surface area contributed by atoms with Crippen molar-refractivity contribution in [1.29, 1.82) is 0 Å². The Hall–Kier alpha value is 0.0600. The SMILES string of the molecule is CC(C)(Br)C(=O)OC1OC(C)(S)C(OC(=O)C(C)(C)Br)(OC(=O)C(C)(C)Br)C(OC(=O)C(C)(C)Br)C1OC(=O)C(C)(C)Br. The predicted molar refractivity (Wildman–Crippen MR) is 178 cm³/mol. The molecule has 1 aliphatic rings. The minimum absolute atomic E-state index is 0.864. The zero-order valence-electron chi connectivity index (χ0n) is 25.6. The van der Waals surface area contributed by atoms with E-state index in [1.165, 1.54) is 76.2 Å². The zero-order chi connectivity index (χ0) is 34.4. The summed E-state index contributed by atoms with van der Waals surface area (Å²) >= 11 is 20.7. The Kier molecular flexibility index (Phi) is 13.0. The number of carbonyl (C=O) groups is 5. The van der Waals surface area contributed by atoms with Crippen molar-refractivity contribution in [2.24, 2.45) is 0 Å². The van der Waals surface area contributed by atoms with Crippen LogP contribution in [0.15, 0.2) is 0 Å². The molecule has 0 bridgehead atoms. The van der Waals surface area contributed by atoms with E-state index in [1.807, 2.05) is 0 Å². The van der Waals surface area contributed by atoms with Gasteiger partial charge in [0.05, 0.1) is 0 Å². The van der Waals surface area contributed by atoms with Crippen LogP contribution in [-0.4, -0.2) is 80.7 Å². The van der Waals surface area contributed by atoms with Gasteiger partial charge in [-0.15, -0.1) is 12.6 Å². The second-order valence-electron chi connectivity index (χ2n) is 12.4. The third-order valence-electron chi connectivity index (χ3n) is 5.55. The molecule has 0 aliphatic carbocycles. The van der Waals surface area contributed by atoms with Gasteiger partial charge >= 0.3 is 35.6 Å². The summed E-state index contributed by atoms with van der Waals surface area (Å²) in [4.78, 5) is 64.4. The summed E-state index contributed by atoms with van der Waals surface area (Å²) in [7, 11) is 0. The number of thiol groups is 1. The molecule has 0 aromatic rings. The molecule has 4 unspecified atom stereocenters. The zero-order valence-corrected chi connectivity index (χ0v) is 34.4. The van der Waals surface area contributed by atoms with E-state index in [0.29, 0.717) is 0 Å². The van der Waals surface area contributed by atoms with E-state index in [-0.39, 0.29) is 0 Å². The van der Waals surface area contributed by atoms with Gasteiger partial charge in [-0.3, -0.25) is 24.0 Å². The molecule has 0 saturated carbocycles. The number of halogens is 5. The van der Waals surface area contributed by atoms with Gasteiger partial charge in [-0.1, -0.05) is 79.6 Å². The van der Waals surface area contributed by atoms with E-state index in [0.717, 1.165) is 0 Å². The Balaban J connectivity index is 4.21. The van der Waals surface area contributed by atoms with E-state index >= 15 is 0 Å². The van der Waals surface area contributed by atoms with Crippen LogP contribution in [0.25, 0.3) is 0 Å². The van der Waals surface area contributed by atoms with E-state index in [1.54, 1.807) is 0 Å². The van der Waals surface area contributed by atoms with Crippen molar-refractivity contribution in [2.45, 2.75) is 127 Å². The van der Waals surface area contributed by atoms with Crippen LogP contribution >= 0.6 is 92.3 Å². The number of ether oxygens (including phenoxy) is 6. The summed E-state index contributed by atoms with van der Waals surface area (Å²) in [5, 5.41) is 0. The minimum Gasteiger partial charge on any atom is -0.450 e. The highest BCUT2D eigenvalue weighted by Crippen LogP contribution is 2.49. The van der Waals surface area contributed by atoms with Crippen molar-refractivity contribution in [1.82, 2.24) is 0 Å². The van der Waals surface area contributed by atoms with Crippen LogP contribution in [0.2, 0.25) is 0 Å². The first-order chi connectivity index (χ1) is 18.8. The van der Waals surface area contributed by atoms with E-state index in [9.17, 15) is 24.0 Å². The van der Waals surface area contributed by atoms with Crippen LogP contribution in [0.4, 0.5) is 0 Å². The third-order valence-corrected chi connectivity index (χ3v) is 7.59. The van der Waals surface area contributed by atoms with Gasteiger partial charge in [-0.2, -0.15) is 0 Å². The second kappa shape index (κ2) is 13.7. The fourth-order valence-corrected chi connectivity index (χ4v) is 3.73. The standard InChI is InChI=1S/C26H37Br5O11S/c1-20(2,27)15(32)37-12-13(38-16(33)21(3,4)28)26(41-18(35)23(7,8)30,42-19(36)24(9,10)31)25(11,43)40-14(12)39-17(34)22(5,6)29/h12-14,43H,1-11H3. The Morgan fingerprint density at radius 2 is 0.884 bits per heavy atom. The van der Waals surface area contributed by atoms with Gasteiger partial charge in [-0.25, -0.2) is 0 Å². The normalized spacial score (nSPS) is 24.8. The number of alkyl halides is 5. The number of esters is 5. The summed E-state index contributed by atoms with van der Waals surface area (Å²) in [6, 6.07) is 0. The molecule has 1 fully saturated rings. The fourth-order valence-electron chi connectivity index (χ4n) is 2.96. The quantitative estimate of drug-likeness (QED) is 0.0907. The molecule has 1 rings (SSSR count). The smallest absolute Gasteiger partial charge is 0.335 e. The van der Waals surface area contributed by atoms with Crippen molar-refractivity contribution in [3.05, 3.63) is 0 Å². The molecule has 17 heteroatoms. The Bertz CT molecular complexity index is 1080. The van der Waals surface area contributed by atoms with Crippen LogP contribution in [-0.2, 0) is 52.4 Å². The Morgan fingerprint density at radius 3 is 1.21 bits per heavy atom. The molecule has 1 aliphatic heterocycles.